The monoisotopic (exact) mass is 263 g/mol. The lowest BCUT2D eigenvalue weighted by molar-refractivity contribution is 0.986. The van der Waals surface area contributed by atoms with E-state index in [0.717, 1.165) is 16.6 Å². The summed E-state index contributed by atoms with van der Waals surface area (Å²) in [5.41, 5.74) is 4.10. The summed E-state index contributed by atoms with van der Waals surface area (Å²) in [6.45, 7) is 2.56. The normalized spacial score (nSPS) is 11.6. The second-order valence-corrected chi connectivity index (χ2v) is 3.99. The molecule has 0 bridgehead atoms. The number of guanidine groups is 1. The zero-order chi connectivity index (χ0) is 13.0. The van der Waals surface area contributed by atoms with Gasteiger partial charge in [0.15, 0.2) is 0 Å². The molecule has 1 heterocycles. The van der Waals surface area contributed by atoms with Gasteiger partial charge in [0.25, 0.3) is 0 Å². The maximum absolute atomic E-state index is 6.12. The lowest BCUT2D eigenvalue weighted by atomic mass is 10.2. The van der Waals surface area contributed by atoms with Crippen molar-refractivity contribution in [2.24, 2.45) is 10.8 Å². The van der Waals surface area contributed by atoms with Crippen LogP contribution >= 0.6 is 11.6 Å². The third kappa shape index (κ3) is 2.52. The van der Waals surface area contributed by atoms with Crippen molar-refractivity contribution in [3.8, 4) is 0 Å². The van der Waals surface area contributed by atoms with Crippen molar-refractivity contribution in [3.05, 3.63) is 35.5 Å². The Bertz CT molecular complexity index is 582. The molecule has 2 rings (SSSR count). The minimum Gasteiger partial charge on any atom is -0.323 e. The fourth-order valence-corrected chi connectivity index (χ4v) is 1.86. The van der Waals surface area contributed by atoms with E-state index in [1.807, 2.05) is 31.2 Å². The second kappa shape index (κ2) is 5.66. The van der Waals surface area contributed by atoms with Gasteiger partial charge in [0, 0.05) is 18.1 Å². The molecule has 5 nitrogen and oxygen atoms in total. The molecule has 0 aliphatic rings. The highest BCUT2D eigenvalue weighted by molar-refractivity contribution is 6.35. The first kappa shape index (κ1) is 12.6. The summed E-state index contributed by atoms with van der Waals surface area (Å²) in [4.78, 5) is 8.49. The fourth-order valence-electron chi connectivity index (χ4n) is 1.65. The minimum absolute atomic E-state index is 0.492. The summed E-state index contributed by atoms with van der Waals surface area (Å²) in [5, 5.41) is 4.64. The number of aromatic nitrogens is 1. The summed E-state index contributed by atoms with van der Waals surface area (Å²) < 4.78 is 0. The fraction of sp³-hybridized carbons (Fsp3) is 0.167. The molecule has 4 N–H and O–H groups in total. The standard InChI is InChI=1S/C12H14ClN5/c1-2-15-12(18-14)17-10-6-5-9(13)8-4-3-7-16-11(8)10/h3-7H,2,14H2,1H3,(H2,15,17,18). The molecular formula is C12H14ClN5. The van der Waals surface area contributed by atoms with Crippen LogP contribution in [0.4, 0.5) is 5.69 Å². The van der Waals surface area contributed by atoms with E-state index in [2.05, 4.69) is 20.7 Å². The molecule has 0 saturated carbocycles. The molecule has 1 aromatic carbocycles. The van der Waals surface area contributed by atoms with Gasteiger partial charge in [-0.15, -0.1) is 0 Å². The number of fused-ring (bicyclic) bond motifs is 1. The van der Waals surface area contributed by atoms with Crippen molar-refractivity contribution in [1.82, 2.24) is 10.4 Å². The van der Waals surface area contributed by atoms with Gasteiger partial charge >= 0.3 is 0 Å². The molecule has 18 heavy (non-hydrogen) atoms. The lowest BCUT2D eigenvalue weighted by Gasteiger charge is -2.11. The summed E-state index contributed by atoms with van der Waals surface area (Å²) in [6.07, 6.45) is 1.72. The average molecular weight is 264 g/mol. The molecule has 0 spiro atoms. The molecule has 0 radical (unpaired) electrons. The van der Waals surface area contributed by atoms with Crippen LogP contribution in [0.15, 0.2) is 35.5 Å². The molecule has 0 unspecified atom stereocenters. The van der Waals surface area contributed by atoms with Gasteiger partial charge in [-0.2, -0.15) is 0 Å². The number of anilines is 1. The molecule has 94 valence electrons. The Kier molecular flexibility index (Phi) is 3.96. The van der Waals surface area contributed by atoms with Crippen LogP contribution < -0.4 is 16.6 Å². The van der Waals surface area contributed by atoms with Gasteiger partial charge in [0.2, 0.25) is 5.96 Å². The van der Waals surface area contributed by atoms with E-state index >= 15 is 0 Å². The molecule has 0 atom stereocenters. The van der Waals surface area contributed by atoms with Gasteiger partial charge in [0.1, 0.15) is 0 Å². The van der Waals surface area contributed by atoms with Crippen LogP contribution in [-0.4, -0.2) is 17.5 Å². The van der Waals surface area contributed by atoms with Gasteiger partial charge in [-0.05, 0) is 31.2 Å². The van der Waals surface area contributed by atoms with Crippen LogP contribution in [0.1, 0.15) is 6.92 Å². The largest absolute Gasteiger partial charge is 0.323 e. The Morgan fingerprint density at radius 1 is 1.44 bits per heavy atom. The highest BCUT2D eigenvalue weighted by Gasteiger charge is 2.06. The van der Waals surface area contributed by atoms with Gasteiger partial charge in [0.05, 0.1) is 16.2 Å². The van der Waals surface area contributed by atoms with Gasteiger partial charge in [-0.25, -0.2) is 5.84 Å². The zero-order valence-electron chi connectivity index (χ0n) is 9.94. The van der Waals surface area contributed by atoms with Crippen molar-refractivity contribution in [3.63, 3.8) is 0 Å². The highest BCUT2D eigenvalue weighted by atomic mass is 35.5. The Morgan fingerprint density at radius 2 is 2.28 bits per heavy atom. The Hall–Kier alpha value is -1.85. The summed E-state index contributed by atoms with van der Waals surface area (Å²) in [7, 11) is 0. The van der Waals surface area contributed by atoms with Gasteiger partial charge in [-0.1, -0.05) is 11.6 Å². The quantitative estimate of drug-likeness (QED) is 0.336. The van der Waals surface area contributed by atoms with Crippen LogP contribution in [0.3, 0.4) is 0 Å². The van der Waals surface area contributed by atoms with Gasteiger partial charge < -0.3 is 5.32 Å². The number of rotatable bonds is 2. The second-order valence-electron chi connectivity index (χ2n) is 3.59. The SMILES string of the molecule is CCN=C(NN)Nc1ccc(Cl)c2cccnc12. The van der Waals surface area contributed by atoms with E-state index in [4.69, 9.17) is 17.4 Å². The van der Waals surface area contributed by atoms with Crippen molar-refractivity contribution < 1.29 is 0 Å². The van der Waals surface area contributed by atoms with E-state index in [0.29, 0.717) is 17.5 Å². The minimum atomic E-state index is 0.492. The number of hydrogen-bond acceptors (Lipinski definition) is 3. The Labute approximate surface area is 110 Å². The molecule has 0 aliphatic heterocycles. The van der Waals surface area contributed by atoms with Crippen LogP contribution in [-0.2, 0) is 0 Å². The first-order valence-electron chi connectivity index (χ1n) is 5.57. The van der Waals surface area contributed by atoms with E-state index < -0.39 is 0 Å². The topological polar surface area (TPSA) is 75.3 Å². The molecule has 2 aromatic rings. The van der Waals surface area contributed by atoms with Crippen LogP contribution in [0.25, 0.3) is 10.9 Å². The van der Waals surface area contributed by atoms with E-state index in [1.54, 1.807) is 6.20 Å². The predicted molar refractivity (Wildman–Crippen MR) is 75.7 cm³/mol. The third-order valence-electron chi connectivity index (χ3n) is 2.42. The first-order chi connectivity index (χ1) is 8.76. The van der Waals surface area contributed by atoms with Crippen LogP contribution in [0.5, 0.6) is 0 Å². The number of nitrogens with two attached hydrogens (primary N) is 1. The predicted octanol–water partition coefficient (Wildman–Crippen LogP) is 2.14. The number of nitrogens with one attached hydrogen (secondary N) is 2. The Morgan fingerprint density at radius 3 is 3.00 bits per heavy atom. The number of hydrogen-bond donors (Lipinski definition) is 3. The maximum Gasteiger partial charge on any atom is 0.210 e. The van der Waals surface area contributed by atoms with Crippen molar-refractivity contribution in [2.75, 3.05) is 11.9 Å². The Balaban J connectivity index is 2.46. The van der Waals surface area contributed by atoms with E-state index in [-0.39, 0.29) is 0 Å². The van der Waals surface area contributed by atoms with Crippen molar-refractivity contribution in [2.45, 2.75) is 6.92 Å². The molecule has 0 saturated heterocycles. The average Bonchev–Trinajstić information content (AvgIpc) is 2.41. The number of halogens is 1. The maximum atomic E-state index is 6.12. The molecule has 6 heteroatoms. The van der Waals surface area contributed by atoms with Crippen molar-refractivity contribution >= 4 is 34.2 Å². The molecule has 1 aromatic heterocycles. The lowest BCUT2D eigenvalue weighted by Crippen LogP contribution is -2.36. The molecule has 0 aliphatic carbocycles. The zero-order valence-corrected chi connectivity index (χ0v) is 10.7. The number of aliphatic imine (C=N–C) groups is 1. The number of nitrogens with zero attached hydrogens (tertiary/aromatic N) is 2. The smallest absolute Gasteiger partial charge is 0.210 e. The molecule has 0 fully saturated rings. The van der Waals surface area contributed by atoms with E-state index in [9.17, 15) is 0 Å². The van der Waals surface area contributed by atoms with E-state index in [1.165, 1.54) is 0 Å². The third-order valence-corrected chi connectivity index (χ3v) is 2.75. The number of benzene rings is 1. The number of pyridine rings is 1. The van der Waals surface area contributed by atoms with Gasteiger partial charge in [-0.3, -0.25) is 15.4 Å². The first-order valence-corrected chi connectivity index (χ1v) is 5.95. The van der Waals surface area contributed by atoms with Crippen molar-refractivity contribution in [1.29, 1.82) is 0 Å². The summed E-state index contributed by atoms with van der Waals surface area (Å²) >= 11 is 6.12. The van der Waals surface area contributed by atoms with Crippen LogP contribution in [0.2, 0.25) is 5.02 Å². The summed E-state index contributed by atoms with van der Waals surface area (Å²) in [6, 6.07) is 7.43. The molecular weight excluding hydrogens is 250 g/mol. The molecule has 0 amide bonds. The highest BCUT2D eigenvalue weighted by Crippen LogP contribution is 2.27. The number of hydrazine groups is 1. The van der Waals surface area contributed by atoms with Crippen LogP contribution in [0, 0.1) is 0 Å². The summed E-state index contributed by atoms with van der Waals surface area (Å²) in [5.74, 6) is 5.88.